The van der Waals surface area contributed by atoms with Crippen molar-refractivity contribution < 1.29 is 14.7 Å². The summed E-state index contributed by atoms with van der Waals surface area (Å²) in [5, 5.41) is 12.2. The highest BCUT2D eigenvalue weighted by Gasteiger charge is 2.19. The Morgan fingerprint density at radius 2 is 1.85 bits per heavy atom. The molecular weight excluding hydrogens is 370 g/mol. The summed E-state index contributed by atoms with van der Waals surface area (Å²) in [5.41, 5.74) is 3.83. The molecule has 0 radical (unpaired) electrons. The summed E-state index contributed by atoms with van der Waals surface area (Å²) in [6.45, 7) is 3.87. The Labute approximate surface area is 163 Å². The highest BCUT2D eigenvalue weighted by molar-refractivity contribution is 8.01. The zero-order valence-corrected chi connectivity index (χ0v) is 16.4. The smallest absolute Gasteiger partial charge is 0.316 e. The number of halogens is 1. The van der Waals surface area contributed by atoms with E-state index in [9.17, 15) is 14.7 Å². The molecule has 1 unspecified atom stereocenters. The fraction of sp³-hybridized carbons (Fsp3) is 0.300. The first kappa shape index (κ1) is 20.3. The van der Waals surface area contributed by atoms with Crippen LogP contribution in [0.4, 0.5) is 5.69 Å². The number of anilines is 1. The zero-order valence-electron chi connectivity index (χ0n) is 14.8. The number of carbonyl (C=O) groups excluding carboxylic acids is 1. The van der Waals surface area contributed by atoms with Crippen LogP contribution in [0.1, 0.15) is 23.1 Å². The van der Waals surface area contributed by atoms with Gasteiger partial charge in [-0.1, -0.05) is 41.4 Å². The molecule has 0 heterocycles. The van der Waals surface area contributed by atoms with Crippen molar-refractivity contribution in [3.05, 3.63) is 64.2 Å². The number of amides is 1. The van der Waals surface area contributed by atoms with Crippen LogP contribution in [0.5, 0.6) is 0 Å². The second kappa shape index (κ2) is 9.64. The van der Waals surface area contributed by atoms with E-state index < -0.39 is 11.2 Å². The van der Waals surface area contributed by atoms with Gasteiger partial charge in [-0.25, -0.2) is 0 Å². The molecule has 0 fully saturated rings. The van der Waals surface area contributed by atoms with E-state index in [2.05, 4.69) is 5.32 Å². The second-order valence-corrected chi connectivity index (χ2v) is 7.80. The SMILES string of the molecule is Cc1ccc(CCC(SCC(=O)Nc2ccc(Cl)cc2C)C(=O)O)cc1. The molecule has 0 aromatic heterocycles. The highest BCUT2D eigenvalue weighted by Crippen LogP contribution is 2.22. The van der Waals surface area contributed by atoms with Crippen LogP contribution in [0, 0.1) is 13.8 Å². The van der Waals surface area contributed by atoms with Crippen LogP contribution in [-0.4, -0.2) is 28.0 Å². The summed E-state index contributed by atoms with van der Waals surface area (Å²) in [6.07, 6.45) is 1.15. The molecule has 2 aromatic carbocycles. The Bertz CT molecular complexity index is 777. The average molecular weight is 392 g/mol. The first-order chi connectivity index (χ1) is 12.3. The predicted octanol–water partition coefficient (Wildman–Crippen LogP) is 4.71. The van der Waals surface area contributed by atoms with Crippen LogP contribution in [0.15, 0.2) is 42.5 Å². The topological polar surface area (TPSA) is 66.4 Å². The third-order valence-corrected chi connectivity index (χ3v) is 5.47. The first-order valence-corrected chi connectivity index (χ1v) is 9.74. The summed E-state index contributed by atoms with van der Waals surface area (Å²) in [7, 11) is 0. The van der Waals surface area contributed by atoms with Crippen molar-refractivity contribution >= 4 is 40.9 Å². The number of rotatable bonds is 8. The van der Waals surface area contributed by atoms with Crippen molar-refractivity contribution in [1.82, 2.24) is 0 Å². The summed E-state index contributed by atoms with van der Waals surface area (Å²) < 4.78 is 0. The summed E-state index contributed by atoms with van der Waals surface area (Å²) >= 11 is 7.05. The third kappa shape index (κ3) is 6.39. The molecular formula is C20H22ClNO3S. The van der Waals surface area contributed by atoms with E-state index in [0.29, 0.717) is 23.6 Å². The molecule has 0 aliphatic rings. The Morgan fingerprint density at radius 1 is 1.15 bits per heavy atom. The molecule has 6 heteroatoms. The molecule has 0 aliphatic carbocycles. The van der Waals surface area contributed by atoms with Crippen LogP contribution in [0.25, 0.3) is 0 Å². The summed E-state index contributed by atoms with van der Waals surface area (Å²) in [5.74, 6) is -1.02. The molecule has 2 N–H and O–H groups in total. The normalized spacial score (nSPS) is 11.8. The lowest BCUT2D eigenvalue weighted by Gasteiger charge is -2.13. The van der Waals surface area contributed by atoms with Crippen molar-refractivity contribution in [2.75, 3.05) is 11.1 Å². The van der Waals surface area contributed by atoms with E-state index in [1.54, 1.807) is 18.2 Å². The zero-order chi connectivity index (χ0) is 19.1. The Kier molecular flexibility index (Phi) is 7.54. The van der Waals surface area contributed by atoms with Crippen LogP contribution < -0.4 is 5.32 Å². The molecule has 138 valence electrons. The Balaban J connectivity index is 1.86. The Hall–Kier alpha value is -1.98. The van der Waals surface area contributed by atoms with E-state index in [-0.39, 0.29) is 11.7 Å². The monoisotopic (exact) mass is 391 g/mol. The minimum Gasteiger partial charge on any atom is -0.480 e. The minimum atomic E-state index is -0.891. The molecule has 26 heavy (non-hydrogen) atoms. The minimum absolute atomic E-state index is 0.0902. The van der Waals surface area contributed by atoms with Crippen molar-refractivity contribution in [2.45, 2.75) is 31.9 Å². The lowest BCUT2D eigenvalue weighted by Crippen LogP contribution is -2.22. The summed E-state index contributed by atoms with van der Waals surface area (Å²) in [4.78, 5) is 23.6. The van der Waals surface area contributed by atoms with E-state index in [1.807, 2.05) is 38.1 Å². The Morgan fingerprint density at radius 3 is 2.46 bits per heavy atom. The number of hydrogen-bond donors (Lipinski definition) is 2. The van der Waals surface area contributed by atoms with E-state index in [4.69, 9.17) is 11.6 Å². The molecule has 0 saturated carbocycles. The molecule has 0 aliphatic heterocycles. The number of hydrogen-bond acceptors (Lipinski definition) is 3. The quantitative estimate of drug-likeness (QED) is 0.683. The predicted molar refractivity (Wildman–Crippen MR) is 108 cm³/mol. The van der Waals surface area contributed by atoms with Gasteiger partial charge < -0.3 is 10.4 Å². The molecule has 0 spiro atoms. The van der Waals surface area contributed by atoms with Gasteiger partial charge >= 0.3 is 5.97 Å². The molecule has 2 rings (SSSR count). The van der Waals surface area contributed by atoms with Crippen molar-refractivity contribution in [2.24, 2.45) is 0 Å². The van der Waals surface area contributed by atoms with Gasteiger partial charge in [0, 0.05) is 10.7 Å². The van der Waals surface area contributed by atoms with Gasteiger partial charge in [-0.2, -0.15) is 0 Å². The maximum atomic E-state index is 12.1. The highest BCUT2D eigenvalue weighted by atomic mass is 35.5. The molecule has 0 saturated heterocycles. The lowest BCUT2D eigenvalue weighted by atomic mass is 10.1. The summed E-state index contributed by atoms with van der Waals surface area (Å²) in [6, 6.07) is 13.3. The van der Waals surface area contributed by atoms with Crippen molar-refractivity contribution in [1.29, 1.82) is 0 Å². The third-order valence-electron chi connectivity index (χ3n) is 3.97. The number of benzene rings is 2. The maximum Gasteiger partial charge on any atom is 0.316 e. The maximum absolute atomic E-state index is 12.1. The van der Waals surface area contributed by atoms with Gasteiger partial charge in [0.25, 0.3) is 0 Å². The van der Waals surface area contributed by atoms with Gasteiger partial charge in [0.05, 0.1) is 5.75 Å². The van der Waals surface area contributed by atoms with Crippen LogP contribution in [-0.2, 0) is 16.0 Å². The second-order valence-electron chi connectivity index (χ2n) is 6.17. The van der Waals surface area contributed by atoms with E-state index in [0.717, 1.165) is 22.9 Å². The van der Waals surface area contributed by atoms with Crippen LogP contribution in [0.2, 0.25) is 5.02 Å². The number of carboxylic acid groups (broad SMARTS) is 1. The van der Waals surface area contributed by atoms with Gasteiger partial charge in [0.2, 0.25) is 5.91 Å². The largest absolute Gasteiger partial charge is 0.480 e. The molecule has 4 nitrogen and oxygen atoms in total. The van der Waals surface area contributed by atoms with Gasteiger partial charge in [-0.3, -0.25) is 9.59 Å². The lowest BCUT2D eigenvalue weighted by molar-refractivity contribution is -0.136. The number of carbonyl (C=O) groups is 2. The standard InChI is InChI=1S/C20H22ClNO3S/c1-13-3-5-15(6-4-13)7-10-18(20(24)25)26-12-19(23)22-17-9-8-16(21)11-14(17)2/h3-6,8-9,11,18H,7,10,12H2,1-2H3,(H,22,23)(H,24,25). The van der Waals surface area contributed by atoms with Crippen molar-refractivity contribution in [3.63, 3.8) is 0 Å². The van der Waals surface area contributed by atoms with Gasteiger partial charge in [-0.05, 0) is 56.0 Å². The number of carboxylic acids is 1. The first-order valence-electron chi connectivity index (χ1n) is 8.31. The van der Waals surface area contributed by atoms with Crippen LogP contribution in [0.3, 0.4) is 0 Å². The molecule has 1 amide bonds. The molecule has 0 bridgehead atoms. The number of nitrogens with one attached hydrogen (secondary N) is 1. The van der Waals surface area contributed by atoms with Gasteiger partial charge in [-0.15, -0.1) is 11.8 Å². The number of thioether (sulfide) groups is 1. The van der Waals surface area contributed by atoms with E-state index >= 15 is 0 Å². The van der Waals surface area contributed by atoms with Crippen LogP contribution >= 0.6 is 23.4 Å². The fourth-order valence-electron chi connectivity index (χ4n) is 2.46. The van der Waals surface area contributed by atoms with Gasteiger partial charge in [0.1, 0.15) is 5.25 Å². The molecule has 2 aromatic rings. The van der Waals surface area contributed by atoms with Crippen molar-refractivity contribution in [3.8, 4) is 0 Å². The molecule has 1 atom stereocenters. The average Bonchev–Trinajstić information content (AvgIpc) is 2.58. The number of aliphatic carboxylic acids is 1. The fourth-order valence-corrected chi connectivity index (χ4v) is 3.54. The van der Waals surface area contributed by atoms with E-state index in [1.165, 1.54) is 5.56 Å². The number of aryl methyl sites for hydroxylation is 3. The van der Waals surface area contributed by atoms with Gasteiger partial charge in [0.15, 0.2) is 0 Å².